The Bertz CT molecular complexity index is 989. The lowest BCUT2D eigenvalue weighted by atomic mass is 10.0. The van der Waals surface area contributed by atoms with Crippen molar-refractivity contribution in [3.05, 3.63) is 53.7 Å². The summed E-state index contributed by atoms with van der Waals surface area (Å²) in [5, 5.41) is 6.24. The van der Waals surface area contributed by atoms with Crippen LogP contribution in [0.3, 0.4) is 0 Å². The van der Waals surface area contributed by atoms with Gasteiger partial charge in [-0.25, -0.2) is 18.1 Å². The van der Waals surface area contributed by atoms with Gasteiger partial charge in [0.25, 0.3) is 0 Å². The molecule has 1 saturated carbocycles. The van der Waals surface area contributed by atoms with Crippen LogP contribution in [0, 0.1) is 5.92 Å². The second kappa shape index (κ2) is 9.14. The quantitative estimate of drug-likeness (QED) is 0.562. The number of sulfonamides is 1. The van der Waals surface area contributed by atoms with E-state index in [1.807, 2.05) is 24.3 Å². The average Bonchev–Trinajstić information content (AvgIpc) is 3.42. The molecule has 0 unspecified atom stereocenters. The topological polar surface area (TPSA) is 100 Å². The van der Waals surface area contributed by atoms with E-state index in [0.717, 1.165) is 49.7 Å². The minimum Gasteiger partial charge on any atom is -0.369 e. The Kier molecular flexibility index (Phi) is 6.34. The highest BCUT2D eigenvalue weighted by Gasteiger charge is 2.29. The summed E-state index contributed by atoms with van der Waals surface area (Å²) in [6, 6.07) is 10.7. The Morgan fingerprint density at radius 2 is 1.90 bits per heavy atom. The van der Waals surface area contributed by atoms with Gasteiger partial charge in [0.1, 0.15) is 5.82 Å². The van der Waals surface area contributed by atoms with E-state index in [-0.39, 0.29) is 29.3 Å². The van der Waals surface area contributed by atoms with Crippen LogP contribution in [-0.2, 0) is 21.2 Å². The fraction of sp³-hybridized carbons (Fsp3) is 0.455. The molecule has 2 aliphatic rings. The molecule has 0 radical (unpaired) electrons. The number of nitrogens with zero attached hydrogens (tertiary/aromatic N) is 1. The molecule has 4 rings (SSSR count). The van der Waals surface area contributed by atoms with Crippen molar-refractivity contribution in [3.8, 4) is 0 Å². The van der Waals surface area contributed by atoms with Crippen molar-refractivity contribution in [1.29, 1.82) is 0 Å². The van der Waals surface area contributed by atoms with E-state index in [2.05, 4.69) is 20.3 Å². The summed E-state index contributed by atoms with van der Waals surface area (Å²) in [7, 11) is -3.63. The Labute approximate surface area is 177 Å². The summed E-state index contributed by atoms with van der Waals surface area (Å²) in [6.45, 7) is 0.680. The van der Waals surface area contributed by atoms with Crippen molar-refractivity contribution in [3.63, 3.8) is 0 Å². The van der Waals surface area contributed by atoms with E-state index < -0.39 is 10.0 Å². The van der Waals surface area contributed by atoms with Crippen molar-refractivity contribution in [1.82, 2.24) is 15.0 Å². The molecule has 0 aliphatic heterocycles. The van der Waals surface area contributed by atoms with Gasteiger partial charge < -0.3 is 10.6 Å². The SMILES string of the molecule is O=C(N[C@H]1CCc2ccc(S(=O)(=O)NCCNc3ccccn3)cc21)C1CCCC1. The normalized spacial score (nSPS) is 18.9. The number of carbonyl (C=O) groups excluding carboxylic acids is 1. The Hall–Kier alpha value is -2.45. The lowest BCUT2D eigenvalue weighted by Crippen LogP contribution is -2.32. The summed E-state index contributed by atoms with van der Waals surface area (Å²) in [5.74, 6) is 0.918. The molecular weight excluding hydrogens is 400 g/mol. The number of pyridine rings is 1. The van der Waals surface area contributed by atoms with Crippen LogP contribution < -0.4 is 15.4 Å². The standard InChI is InChI=1S/C22H28N4O3S/c27-22(17-5-1-2-6-17)26-20-11-9-16-8-10-18(15-19(16)20)30(28,29)25-14-13-24-21-7-3-4-12-23-21/h3-4,7-8,10,12,15,17,20,25H,1-2,5-6,9,11,13-14H2,(H,23,24)(H,26,27)/t20-/m0/s1. The van der Waals surface area contributed by atoms with Crippen LogP contribution in [0.2, 0.25) is 0 Å². The molecule has 3 N–H and O–H groups in total. The zero-order chi connectivity index (χ0) is 21.0. The Morgan fingerprint density at radius 3 is 2.67 bits per heavy atom. The van der Waals surface area contributed by atoms with Crippen molar-refractivity contribution >= 4 is 21.7 Å². The minimum absolute atomic E-state index is 0.103. The molecule has 0 spiro atoms. The molecule has 0 saturated heterocycles. The van der Waals surface area contributed by atoms with E-state index in [9.17, 15) is 13.2 Å². The van der Waals surface area contributed by atoms with Gasteiger partial charge in [0, 0.05) is 25.2 Å². The number of hydrogen-bond donors (Lipinski definition) is 3. The minimum atomic E-state index is -3.63. The van der Waals surface area contributed by atoms with Crippen LogP contribution in [0.15, 0.2) is 47.5 Å². The van der Waals surface area contributed by atoms with E-state index in [4.69, 9.17) is 0 Å². The highest BCUT2D eigenvalue weighted by molar-refractivity contribution is 7.89. The van der Waals surface area contributed by atoms with Crippen molar-refractivity contribution in [2.45, 2.75) is 49.5 Å². The molecule has 1 amide bonds. The number of benzene rings is 1. The summed E-state index contributed by atoms with van der Waals surface area (Å²) in [6.07, 6.45) is 7.49. The first kappa shape index (κ1) is 20.8. The van der Waals surface area contributed by atoms with Crippen LogP contribution in [-0.4, -0.2) is 32.4 Å². The van der Waals surface area contributed by atoms with Gasteiger partial charge in [-0.3, -0.25) is 4.79 Å². The van der Waals surface area contributed by atoms with Crippen molar-refractivity contribution in [2.24, 2.45) is 5.92 Å². The number of hydrogen-bond acceptors (Lipinski definition) is 5. The third-order valence-corrected chi connectivity index (χ3v) is 7.39. The van der Waals surface area contributed by atoms with Gasteiger partial charge in [-0.2, -0.15) is 0 Å². The predicted octanol–water partition coefficient (Wildman–Crippen LogP) is 2.77. The molecule has 160 valence electrons. The number of aryl methyl sites for hydroxylation is 1. The average molecular weight is 429 g/mol. The zero-order valence-electron chi connectivity index (χ0n) is 16.9. The molecule has 1 fully saturated rings. The fourth-order valence-electron chi connectivity index (χ4n) is 4.30. The molecule has 30 heavy (non-hydrogen) atoms. The molecule has 2 aliphatic carbocycles. The summed E-state index contributed by atoms with van der Waals surface area (Å²) >= 11 is 0. The molecule has 1 aromatic carbocycles. The first-order valence-electron chi connectivity index (χ1n) is 10.6. The van der Waals surface area contributed by atoms with Gasteiger partial charge in [0.15, 0.2) is 0 Å². The van der Waals surface area contributed by atoms with Gasteiger partial charge >= 0.3 is 0 Å². The molecule has 0 bridgehead atoms. The van der Waals surface area contributed by atoms with E-state index in [1.54, 1.807) is 18.3 Å². The van der Waals surface area contributed by atoms with Crippen LogP contribution in [0.1, 0.15) is 49.3 Å². The molecule has 2 aromatic rings. The lowest BCUT2D eigenvalue weighted by Gasteiger charge is -2.18. The van der Waals surface area contributed by atoms with Crippen molar-refractivity contribution in [2.75, 3.05) is 18.4 Å². The van der Waals surface area contributed by atoms with Crippen LogP contribution in [0.4, 0.5) is 5.82 Å². The van der Waals surface area contributed by atoms with E-state index in [0.29, 0.717) is 12.4 Å². The second-order valence-electron chi connectivity index (χ2n) is 7.98. The molecule has 7 nitrogen and oxygen atoms in total. The lowest BCUT2D eigenvalue weighted by molar-refractivity contribution is -0.125. The zero-order valence-corrected chi connectivity index (χ0v) is 17.7. The van der Waals surface area contributed by atoms with Gasteiger partial charge in [-0.05, 0) is 61.1 Å². The van der Waals surface area contributed by atoms with Crippen LogP contribution >= 0.6 is 0 Å². The Balaban J connectivity index is 1.37. The maximum atomic E-state index is 12.7. The van der Waals surface area contributed by atoms with E-state index in [1.165, 1.54) is 0 Å². The smallest absolute Gasteiger partial charge is 0.240 e. The van der Waals surface area contributed by atoms with Gasteiger partial charge in [-0.1, -0.05) is 25.0 Å². The van der Waals surface area contributed by atoms with Gasteiger partial charge in [0.05, 0.1) is 10.9 Å². The highest BCUT2D eigenvalue weighted by atomic mass is 32.2. The molecule has 1 heterocycles. The number of fused-ring (bicyclic) bond motifs is 1. The first-order chi connectivity index (χ1) is 14.5. The number of amides is 1. The second-order valence-corrected chi connectivity index (χ2v) is 9.75. The largest absolute Gasteiger partial charge is 0.369 e. The number of aromatic nitrogens is 1. The fourth-order valence-corrected chi connectivity index (χ4v) is 5.37. The summed E-state index contributed by atoms with van der Waals surface area (Å²) in [4.78, 5) is 16.9. The third kappa shape index (κ3) is 4.82. The molecule has 1 atom stereocenters. The number of nitrogens with one attached hydrogen (secondary N) is 3. The Morgan fingerprint density at radius 1 is 1.07 bits per heavy atom. The summed E-state index contributed by atoms with van der Waals surface area (Å²) < 4.78 is 28.1. The van der Waals surface area contributed by atoms with Crippen LogP contribution in [0.5, 0.6) is 0 Å². The number of rotatable bonds is 8. The maximum Gasteiger partial charge on any atom is 0.240 e. The monoisotopic (exact) mass is 428 g/mol. The molecular formula is C22H28N4O3S. The maximum absolute atomic E-state index is 12.7. The van der Waals surface area contributed by atoms with Crippen molar-refractivity contribution < 1.29 is 13.2 Å². The van der Waals surface area contributed by atoms with Crippen LogP contribution in [0.25, 0.3) is 0 Å². The predicted molar refractivity (Wildman–Crippen MR) is 116 cm³/mol. The van der Waals surface area contributed by atoms with Gasteiger partial charge in [-0.15, -0.1) is 0 Å². The molecule has 8 heteroatoms. The molecule has 1 aromatic heterocycles. The van der Waals surface area contributed by atoms with Gasteiger partial charge in [0.2, 0.25) is 15.9 Å². The highest BCUT2D eigenvalue weighted by Crippen LogP contribution is 2.34. The number of carbonyl (C=O) groups is 1. The summed E-state index contributed by atoms with van der Waals surface area (Å²) in [5.41, 5.74) is 2.04. The number of anilines is 1. The first-order valence-corrected chi connectivity index (χ1v) is 12.1. The van der Waals surface area contributed by atoms with E-state index >= 15 is 0 Å². The third-order valence-electron chi connectivity index (χ3n) is 5.94.